The van der Waals surface area contributed by atoms with E-state index in [9.17, 15) is 0 Å². The first-order valence-corrected chi connectivity index (χ1v) is 11.8. The molecule has 2 heterocycles. The Kier molecular flexibility index (Phi) is 4.43. The van der Waals surface area contributed by atoms with Crippen molar-refractivity contribution >= 4 is 45.5 Å². The summed E-state index contributed by atoms with van der Waals surface area (Å²) in [7, 11) is 8.67. The van der Waals surface area contributed by atoms with Crippen LogP contribution in [0.4, 0.5) is 45.5 Å². The van der Waals surface area contributed by atoms with E-state index in [2.05, 4.69) is 134 Å². The molecule has 0 atom stereocenters. The van der Waals surface area contributed by atoms with Gasteiger partial charge in [-0.25, -0.2) is 0 Å². The largest absolute Gasteiger partial charge is 0.341 e. The van der Waals surface area contributed by atoms with Gasteiger partial charge in [-0.2, -0.15) is 0 Å². The standard InChI is InChI=1S/C30H30N4/c1-19-9-7-11-25-29(19)33(5)23-15-13-21(17-27(23)31(25)3)22-14-16-24-28(18-22)32(4)26-12-8-10-20(2)30(26)34(24)6/h7-18H,1-6H3. The van der Waals surface area contributed by atoms with Gasteiger partial charge in [0.05, 0.1) is 45.5 Å². The number of aryl methyl sites for hydroxylation is 2. The van der Waals surface area contributed by atoms with Crippen molar-refractivity contribution in [1.82, 2.24) is 0 Å². The van der Waals surface area contributed by atoms with Crippen molar-refractivity contribution < 1.29 is 0 Å². The second-order valence-electron chi connectivity index (χ2n) is 9.53. The van der Waals surface area contributed by atoms with Gasteiger partial charge in [-0.05, 0) is 72.5 Å². The molecule has 0 aliphatic carbocycles. The van der Waals surface area contributed by atoms with E-state index in [1.54, 1.807) is 0 Å². The number of anilines is 8. The lowest BCUT2D eigenvalue weighted by Gasteiger charge is -2.38. The van der Waals surface area contributed by atoms with Crippen LogP contribution >= 0.6 is 0 Å². The van der Waals surface area contributed by atoms with E-state index in [-0.39, 0.29) is 0 Å². The molecular formula is C30H30N4. The summed E-state index contributed by atoms with van der Waals surface area (Å²) in [5.41, 5.74) is 15.0. The van der Waals surface area contributed by atoms with Crippen molar-refractivity contribution in [2.75, 3.05) is 47.8 Å². The third kappa shape index (κ3) is 2.78. The van der Waals surface area contributed by atoms with E-state index in [0.717, 1.165) is 0 Å². The van der Waals surface area contributed by atoms with Gasteiger partial charge in [0.1, 0.15) is 0 Å². The molecule has 2 aliphatic rings. The molecule has 0 spiro atoms. The number of fused-ring (bicyclic) bond motifs is 4. The van der Waals surface area contributed by atoms with Gasteiger partial charge >= 0.3 is 0 Å². The molecule has 6 rings (SSSR count). The van der Waals surface area contributed by atoms with Gasteiger partial charge in [0.2, 0.25) is 0 Å². The molecule has 0 aromatic heterocycles. The van der Waals surface area contributed by atoms with E-state index in [1.165, 1.54) is 67.8 Å². The third-order valence-corrected chi connectivity index (χ3v) is 7.56. The summed E-state index contributed by atoms with van der Waals surface area (Å²) in [5, 5.41) is 0. The van der Waals surface area contributed by atoms with Gasteiger partial charge in [0, 0.05) is 28.2 Å². The second-order valence-corrected chi connectivity index (χ2v) is 9.53. The van der Waals surface area contributed by atoms with Crippen LogP contribution < -0.4 is 19.6 Å². The van der Waals surface area contributed by atoms with Crippen molar-refractivity contribution in [3.8, 4) is 11.1 Å². The Labute approximate surface area is 202 Å². The monoisotopic (exact) mass is 446 g/mol. The number of hydrogen-bond acceptors (Lipinski definition) is 4. The van der Waals surface area contributed by atoms with Gasteiger partial charge in [0.15, 0.2) is 0 Å². The molecule has 2 aliphatic heterocycles. The molecule has 0 unspecified atom stereocenters. The van der Waals surface area contributed by atoms with Gasteiger partial charge in [-0.1, -0.05) is 36.4 Å². The van der Waals surface area contributed by atoms with Gasteiger partial charge in [-0.15, -0.1) is 0 Å². The maximum absolute atomic E-state index is 2.32. The molecule has 0 saturated heterocycles. The molecule has 4 aromatic rings. The zero-order valence-electron chi connectivity index (χ0n) is 20.7. The van der Waals surface area contributed by atoms with E-state index < -0.39 is 0 Å². The summed E-state index contributed by atoms with van der Waals surface area (Å²) in [6, 6.07) is 26.7. The average molecular weight is 447 g/mol. The van der Waals surface area contributed by atoms with Crippen LogP contribution in [0.3, 0.4) is 0 Å². The lowest BCUT2D eigenvalue weighted by Crippen LogP contribution is -2.25. The smallest absolute Gasteiger partial charge is 0.0679 e. The number of rotatable bonds is 1. The Morgan fingerprint density at radius 3 is 1.24 bits per heavy atom. The summed E-state index contributed by atoms with van der Waals surface area (Å²) in [4.78, 5) is 9.27. The molecule has 0 bridgehead atoms. The SMILES string of the molecule is Cc1cccc2c1N(C)c1ccc(-c3ccc4c(c3)N(C)c3cccc(C)c3N4C)cc1N2C. The summed E-state index contributed by atoms with van der Waals surface area (Å²) < 4.78 is 0. The van der Waals surface area contributed by atoms with Gasteiger partial charge in [0.25, 0.3) is 0 Å². The molecule has 0 saturated carbocycles. The van der Waals surface area contributed by atoms with Crippen molar-refractivity contribution in [2.24, 2.45) is 0 Å². The van der Waals surface area contributed by atoms with Crippen LogP contribution in [0.5, 0.6) is 0 Å². The molecule has 34 heavy (non-hydrogen) atoms. The molecule has 4 heteroatoms. The minimum absolute atomic E-state index is 1.22. The zero-order valence-corrected chi connectivity index (χ0v) is 20.7. The number of hydrogen-bond donors (Lipinski definition) is 0. The maximum atomic E-state index is 2.32. The van der Waals surface area contributed by atoms with Crippen molar-refractivity contribution in [3.63, 3.8) is 0 Å². The minimum atomic E-state index is 1.22. The maximum Gasteiger partial charge on any atom is 0.0679 e. The van der Waals surface area contributed by atoms with E-state index in [4.69, 9.17) is 0 Å². The highest BCUT2D eigenvalue weighted by Gasteiger charge is 2.27. The minimum Gasteiger partial charge on any atom is -0.341 e. The lowest BCUT2D eigenvalue weighted by molar-refractivity contribution is 1.08. The van der Waals surface area contributed by atoms with Crippen LogP contribution in [0.25, 0.3) is 11.1 Å². The Hall–Kier alpha value is -3.92. The normalized spacial score (nSPS) is 13.9. The first-order valence-electron chi connectivity index (χ1n) is 11.8. The van der Waals surface area contributed by atoms with Crippen LogP contribution in [-0.2, 0) is 0 Å². The number of para-hydroxylation sites is 2. The number of benzene rings is 4. The van der Waals surface area contributed by atoms with Gasteiger partial charge in [-0.3, -0.25) is 0 Å². The number of nitrogens with zero attached hydrogens (tertiary/aromatic N) is 4. The fourth-order valence-electron chi connectivity index (χ4n) is 5.71. The first kappa shape index (κ1) is 20.7. The van der Waals surface area contributed by atoms with Gasteiger partial charge < -0.3 is 19.6 Å². The quantitative estimate of drug-likeness (QED) is 0.297. The molecule has 170 valence electrons. The summed E-state index contributed by atoms with van der Waals surface area (Å²) in [5.74, 6) is 0. The Bertz CT molecular complexity index is 1340. The van der Waals surface area contributed by atoms with Crippen LogP contribution in [-0.4, -0.2) is 28.2 Å². The summed E-state index contributed by atoms with van der Waals surface area (Å²) >= 11 is 0. The first-order chi connectivity index (χ1) is 16.4. The fraction of sp³-hybridized carbons (Fsp3) is 0.200. The van der Waals surface area contributed by atoms with Crippen molar-refractivity contribution in [1.29, 1.82) is 0 Å². The highest BCUT2D eigenvalue weighted by molar-refractivity contribution is 5.98. The Morgan fingerprint density at radius 1 is 0.412 bits per heavy atom. The van der Waals surface area contributed by atoms with Crippen molar-refractivity contribution in [3.05, 3.63) is 83.9 Å². The Balaban J connectivity index is 1.44. The Morgan fingerprint density at radius 2 is 0.824 bits per heavy atom. The van der Waals surface area contributed by atoms with Crippen LogP contribution in [0.15, 0.2) is 72.8 Å². The molecule has 4 nitrogen and oxygen atoms in total. The second kappa shape index (κ2) is 7.29. The van der Waals surface area contributed by atoms with Crippen molar-refractivity contribution in [2.45, 2.75) is 13.8 Å². The van der Waals surface area contributed by atoms with Crippen LogP contribution in [0.2, 0.25) is 0 Å². The molecule has 0 amide bonds. The summed E-state index contributed by atoms with van der Waals surface area (Å²) in [6.07, 6.45) is 0. The predicted octanol–water partition coefficient (Wildman–Crippen LogP) is 7.67. The predicted molar refractivity (Wildman–Crippen MR) is 146 cm³/mol. The molecule has 0 fully saturated rings. The van der Waals surface area contributed by atoms with Crippen LogP contribution in [0.1, 0.15) is 11.1 Å². The topological polar surface area (TPSA) is 13.0 Å². The third-order valence-electron chi connectivity index (χ3n) is 7.56. The van der Waals surface area contributed by atoms with E-state index in [1.807, 2.05) is 0 Å². The van der Waals surface area contributed by atoms with E-state index >= 15 is 0 Å². The zero-order chi connectivity index (χ0) is 23.7. The average Bonchev–Trinajstić information content (AvgIpc) is 2.85. The summed E-state index contributed by atoms with van der Waals surface area (Å²) in [6.45, 7) is 4.37. The highest BCUT2D eigenvalue weighted by Crippen LogP contribution is 2.51. The molecular weight excluding hydrogens is 416 g/mol. The lowest BCUT2D eigenvalue weighted by atomic mass is 9.98. The fourth-order valence-corrected chi connectivity index (χ4v) is 5.71. The van der Waals surface area contributed by atoms with Crippen LogP contribution in [0, 0.1) is 13.8 Å². The molecule has 4 aromatic carbocycles. The molecule has 0 N–H and O–H groups in total. The highest BCUT2D eigenvalue weighted by atomic mass is 15.3. The van der Waals surface area contributed by atoms with E-state index in [0.29, 0.717) is 0 Å². The molecule has 0 radical (unpaired) electrons.